The minimum absolute atomic E-state index is 0.511. The Hall–Kier alpha value is -2.20. The van der Waals surface area contributed by atoms with Crippen LogP contribution in [-0.2, 0) is 38.1 Å². The molecule has 0 aromatic heterocycles. The van der Waals surface area contributed by atoms with Crippen LogP contribution in [-0.4, -0.2) is 71.7 Å². The molecule has 0 fully saturated rings. The van der Waals surface area contributed by atoms with Crippen LogP contribution < -0.4 is 0 Å². The fourth-order valence-electron chi connectivity index (χ4n) is 1.81. The second-order valence-electron chi connectivity index (χ2n) is 4.85. The van der Waals surface area contributed by atoms with Gasteiger partial charge in [0, 0.05) is 27.7 Å². The smallest absolute Gasteiger partial charge is 0.303 e. The van der Waals surface area contributed by atoms with Crippen molar-refractivity contribution in [3.63, 3.8) is 0 Å². The van der Waals surface area contributed by atoms with E-state index in [9.17, 15) is 24.3 Å². The van der Waals surface area contributed by atoms with Crippen LogP contribution in [0, 0.1) is 0 Å². The summed E-state index contributed by atoms with van der Waals surface area (Å²) < 4.78 is 19.5. The lowest BCUT2D eigenvalue weighted by molar-refractivity contribution is -0.200. The minimum Gasteiger partial charge on any atom is -0.462 e. The van der Waals surface area contributed by atoms with Gasteiger partial charge in [0.1, 0.15) is 12.7 Å². The summed E-state index contributed by atoms with van der Waals surface area (Å²) >= 11 is 0. The number of ether oxygens (including phenoxy) is 4. The van der Waals surface area contributed by atoms with Gasteiger partial charge in [-0.05, 0) is 0 Å². The monoisotopic (exact) mass is 350 g/mol. The van der Waals surface area contributed by atoms with Crippen LogP contribution in [0.3, 0.4) is 0 Å². The van der Waals surface area contributed by atoms with Crippen molar-refractivity contribution in [2.45, 2.75) is 52.1 Å². The third-order valence-electron chi connectivity index (χ3n) is 2.63. The number of carbonyl (C=O) groups is 4. The molecular formula is C14H22O10. The number of aliphatic hydroxyl groups is 2. The summed E-state index contributed by atoms with van der Waals surface area (Å²) in [6, 6.07) is 0. The van der Waals surface area contributed by atoms with Crippen molar-refractivity contribution in [1.29, 1.82) is 0 Å². The quantitative estimate of drug-likeness (QED) is 0.380. The topological polar surface area (TPSA) is 146 Å². The summed E-state index contributed by atoms with van der Waals surface area (Å²) in [5, 5.41) is 19.0. The Balaban J connectivity index is 5.63. The lowest BCUT2D eigenvalue weighted by Crippen LogP contribution is -2.52. The maximum atomic E-state index is 11.3. The van der Waals surface area contributed by atoms with Crippen LogP contribution in [0.15, 0.2) is 0 Å². The van der Waals surface area contributed by atoms with E-state index in [0.717, 1.165) is 27.7 Å². The van der Waals surface area contributed by atoms with Gasteiger partial charge in [-0.25, -0.2) is 0 Å². The first-order chi connectivity index (χ1) is 11.1. The van der Waals surface area contributed by atoms with E-state index in [4.69, 9.17) is 24.1 Å². The molecule has 0 saturated heterocycles. The number of esters is 4. The van der Waals surface area contributed by atoms with Crippen molar-refractivity contribution in [2.75, 3.05) is 13.2 Å². The van der Waals surface area contributed by atoms with Crippen LogP contribution in [0.2, 0.25) is 0 Å². The predicted molar refractivity (Wildman–Crippen MR) is 76.4 cm³/mol. The molecule has 0 aliphatic carbocycles. The Labute approximate surface area is 138 Å². The van der Waals surface area contributed by atoms with Crippen molar-refractivity contribution >= 4 is 23.9 Å². The van der Waals surface area contributed by atoms with Gasteiger partial charge in [0.2, 0.25) is 0 Å². The van der Waals surface area contributed by atoms with Crippen molar-refractivity contribution in [3.05, 3.63) is 0 Å². The molecule has 10 heteroatoms. The first-order valence-corrected chi connectivity index (χ1v) is 7.02. The molecular weight excluding hydrogens is 328 g/mol. The van der Waals surface area contributed by atoms with Gasteiger partial charge in [-0.15, -0.1) is 0 Å². The second-order valence-corrected chi connectivity index (χ2v) is 4.85. The molecule has 0 spiro atoms. The molecule has 0 heterocycles. The summed E-state index contributed by atoms with van der Waals surface area (Å²) in [4.78, 5) is 44.8. The molecule has 10 nitrogen and oxygen atoms in total. The Morgan fingerprint density at radius 2 is 1.25 bits per heavy atom. The van der Waals surface area contributed by atoms with Gasteiger partial charge in [0.25, 0.3) is 0 Å². The molecule has 2 unspecified atom stereocenters. The highest BCUT2D eigenvalue weighted by Gasteiger charge is 2.41. The van der Waals surface area contributed by atoms with Gasteiger partial charge in [-0.3, -0.25) is 19.2 Å². The summed E-state index contributed by atoms with van der Waals surface area (Å²) in [7, 11) is 0. The zero-order valence-electron chi connectivity index (χ0n) is 13.9. The van der Waals surface area contributed by atoms with Gasteiger partial charge in [0.15, 0.2) is 18.3 Å². The van der Waals surface area contributed by atoms with Gasteiger partial charge in [-0.2, -0.15) is 0 Å². The molecule has 4 atom stereocenters. The molecule has 0 aromatic rings. The van der Waals surface area contributed by atoms with Crippen LogP contribution in [0.4, 0.5) is 0 Å². The standard InChI is InChI=1S/C14H22O10/c1-7(16)21-6-12(22-8(2)17)14(24-10(4)19)13(11(20)5-15)23-9(3)18/h11-15,20H,5-6H2,1-4H3/t11-,12+,13?,14?/m1/s1. The van der Waals surface area contributed by atoms with E-state index in [1.165, 1.54) is 0 Å². The molecule has 24 heavy (non-hydrogen) atoms. The minimum atomic E-state index is -1.63. The Morgan fingerprint density at radius 1 is 0.792 bits per heavy atom. The Bertz CT molecular complexity index is 460. The van der Waals surface area contributed by atoms with Crippen LogP contribution in [0.5, 0.6) is 0 Å². The second kappa shape index (κ2) is 10.6. The average Bonchev–Trinajstić information content (AvgIpc) is 2.45. The Kier molecular flexibility index (Phi) is 9.58. The molecule has 0 radical (unpaired) electrons. The first kappa shape index (κ1) is 21.8. The number of rotatable bonds is 9. The van der Waals surface area contributed by atoms with E-state index in [1.807, 2.05) is 0 Å². The SMILES string of the molecule is CC(=O)OC[C@H](OC(C)=O)C(OC(C)=O)C(OC(C)=O)[C@H](O)CO. The van der Waals surface area contributed by atoms with Crippen molar-refractivity contribution in [3.8, 4) is 0 Å². The zero-order chi connectivity index (χ0) is 18.9. The molecule has 2 N–H and O–H groups in total. The summed E-state index contributed by atoms with van der Waals surface area (Å²) in [6.07, 6.45) is -6.04. The number of carbonyl (C=O) groups excluding carboxylic acids is 4. The summed E-state index contributed by atoms with van der Waals surface area (Å²) in [5.41, 5.74) is 0. The van der Waals surface area contributed by atoms with Gasteiger partial charge in [0.05, 0.1) is 6.61 Å². The molecule has 0 amide bonds. The maximum absolute atomic E-state index is 11.3. The Morgan fingerprint density at radius 3 is 1.62 bits per heavy atom. The average molecular weight is 350 g/mol. The fraction of sp³-hybridized carbons (Fsp3) is 0.714. The van der Waals surface area contributed by atoms with Crippen LogP contribution in [0.25, 0.3) is 0 Å². The molecule has 0 aromatic carbocycles. The van der Waals surface area contributed by atoms with Crippen molar-refractivity contribution in [1.82, 2.24) is 0 Å². The fourth-order valence-corrected chi connectivity index (χ4v) is 1.81. The molecule has 0 rings (SSSR count). The van der Waals surface area contributed by atoms with Crippen molar-refractivity contribution in [2.24, 2.45) is 0 Å². The van der Waals surface area contributed by atoms with E-state index in [1.54, 1.807) is 0 Å². The molecule has 138 valence electrons. The van der Waals surface area contributed by atoms with Gasteiger partial charge in [-0.1, -0.05) is 0 Å². The van der Waals surface area contributed by atoms with E-state index >= 15 is 0 Å². The normalized spacial score (nSPS) is 15.4. The van der Waals surface area contributed by atoms with Gasteiger partial charge < -0.3 is 29.2 Å². The first-order valence-electron chi connectivity index (χ1n) is 7.02. The third-order valence-corrected chi connectivity index (χ3v) is 2.63. The lowest BCUT2D eigenvalue weighted by Gasteiger charge is -2.33. The highest BCUT2D eigenvalue weighted by atomic mass is 16.6. The van der Waals surface area contributed by atoms with Crippen LogP contribution >= 0.6 is 0 Å². The highest BCUT2D eigenvalue weighted by molar-refractivity contribution is 5.68. The lowest BCUT2D eigenvalue weighted by atomic mass is 10.0. The summed E-state index contributed by atoms with van der Waals surface area (Å²) in [5.74, 6) is -3.15. The molecule has 0 bridgehead atoms. The largest absolute Gasteiger partial charge is 0.462 e. The van der Waals surface area contributed by atoms with Gasteiger partial charge >= 0.3 is 23.9 Å². The zero-order valence-corrected chi connectivity index (χ0v) is 13.9. The maximum Gasteiger partial charge on any atom is 0.303 e. The van der Waals surface area contributed by atoms with E-state index in [-0.39, 0.29) is 0 Å². The summed E-state index contributed by atoms with van der Waals surface area (Å²) in [6.45, 7) is 2.92. The molecule has 0 saturated carbocycles. The number of hydrogen-bond donors (Lipinski definition) is 2. The third kappa shape index (κ3) is 8.44. The molecule has 0 aliphatic heterocycles. The number of aliphatic hydroxyl groups excluding tert-OH is 2. The predicted octanol–water partition coefficient (Wildman–Crippen LogP) is -1.30. The van der Waals surface area contributed by atoms with Crippen LogP contribution in [0.1, 0.15) is 27.7 Å². The van der Waals surface area contributed by atoms with Crippen molar-refractivity contribution < 1.29 is 48.3 Å². The van der Waals surface area contributed by atoms with E-state index in [0.29, 0.717) is 0 Å². The van der Waals surface area contributed by atoms with E-state index < -0.39 is 61.5 Å². The molecule has 0 aliphatic rings. The highest BCUT2D eigenvalue weighted by Crippen LogP contribution is 2.18. The number of hydrogen-bond acceptors (Lipinski definition) is 10. The van der Waals surface area contributed by atoms with E-state index in [2.05, 4.69) is 0 Å².